The lowest BCUT2D eigenvalue weighted by molar-refractivity contribution is 0.102. The maximum atomic E-state index is 12.5. The van der Waals surface area contributed by atoms with Crippen molar-refractivity contribution in [1.82, 2.24) is 24.5 Å². The van der Waals surface area contributed by atoms with Gasteiger partial charge in [0.1, 0.15) is 5.52 Å². The first-order valence-corrected chi connectivity index (χ1v) is 8.24. The van der Waals surface area contributed by atoms with E-state index in [-0.39, 0.29) is 5.91 Å². The summed E-state index contributed by atoms with van der Waals surface area (Å²) < 4.78 is 6.92. The maximum absolute atomic E-state index is 12.5. The van der Waals surface area contributed by atoms with E-state index in [0.717, 1.165) is 5.56 Å². The number of rotatable bonds is 5. The van der Waals surface area contributed by atoms with Crippen LogP contribution in [0, 0.1) is 0 Å². The zero-order valence-electron chi connectivity index (χ0n) is 14.5. The van der Waals surface area contributed by atoms with Gasteiger partial charge in [-0.25, -0.2) is 15.0 Å². The van der Waals surface area contributed by atoms with E-state index >= 15 is 0 Å². The van der Waals surface area contributed by atoms with Crippen LogP contribution in [0.25, 0.3) is 11.2 Å². The maximum Gasteiger partial charge on any atom is 0.257 e. The van der Waals surface area contributed by atoms with E-state index in [1.165, 1.54) is 19.5 Å². The van der Waals surface area contributed by atoms with Crippen molar-refractivity contribution in [3.63, 3.8) is 0 Å². The molecule has 1 amide bonds. The first kappa shape index (κ1) is 16.6. The Labute approximate surface area is 154 Å². The predicted octanol–water partition coefficient (Wildman–Crippen LogP) is 2.53. The first-order chi connectivity index (χ1) is 13.2. The summed E-state index contributed by atoms with van der Waals surface area (Å²) in [6.07, 6.45) is 8.31. The van der Waals surface area contributed by atoms with E-state index in [2.05, 4.69) is 25.3 Å². The number of nitrogens with zero attached hydrogens (tertiary/aromatic N) is 5. The Morgan fingerprint density at radius 1 is 1.15 bits per heavy atom. The standard InChI is InChI=1S/C19H16N6O2/c1-27-17-5-4-15(10-21-17)24-19(26)14-7-16-18(22-9-14)25(12-23-16)11-13-3-2-6-20-8-13/h2-10,12H,11H2,1H3,(H,24,26). The number of methoxy groups -OCH3 is 1. The molecule has 0 aliphatic rings. The number of anilines is 1. The summed E-state index contributed by atoms with van der Waals surface area (Å²) >= 11 is 0. The second-order valence-electron chi connectivity index (χ2n) is 5.84. The van der Waals surface area contributed by atoms with E-state index in [4.69, 9.17) is 4.74 Å². The normalized spacial score (nSPS) is 10.7. The molecule has 8 heteroatoms. The van der Waals surface area contributed by atoms with E-state index in [1.54, 1.807) is 36.9 Å². The number of carbonyl (C=O) groups is 1. The third-order valence-corrected chi connectivity index (χ3v) is 4.00. The molecule has 0 atom stereocenters. The van der Waals surface area contributed by atoms with Gasteiger partial charge in [-0.15, -0.1) is 0 Å². The largest absolute Gasteiger partial charge is 0.481 e. The van der Waals surface area contributed by atoms with Crippen LogP contribution in [-0.4, -0.2) is 37.5 Å². The highest BCUT2D eigenvalue weighted by atomic mass is 16.5. The molecule has 27 heavy (non-hydrogen) atoms. The van der Waals surface area contributed by atoms with Gasteiger partial charge in [0.05, 0.1) is 37.4 Å². The third kappa shape index (κ3) is 3.59. The highest BCUT2D eigenvalue weighted by Gasteiger charge is 2.11. The molecule has 0 fully saturated rings. The van der Waals surface area contributed by atoms with Crippen LogP contribution < -0.4 is 10.1 Å². The summed E-state index contributed by atoms with van der Waals surface area (Å²) in [5.41, 5.74) is 3.40. The number of hydrogen-bond donors (Lipinski definition) is 1. The van der Waals surface area contributed by atoms with Crippen LogP contribution in [0.2, 0.25) is 0 Å². The Kier molecular flexibility index (Phi) is 4.44. The van der Waals surface area contributed by atoms with Crippen molar-refractivity contribution >= 4 is 22.8 Å². The van der Waals surface area contributed by atoms with Crippen molar-refractivity contribution in [3.05, 3.63) is 72.6 Å². The van der Waals surface area contributed by atoms with Crippen molar-refractivity contribution in [1.29, 1.82) is 0 Å². The molecule has 4 aromatic rings. The lowest BCUT2D eigenvalue weighted by Gasteiger charge is -2.06. The molecule has 8 nitrogen and oxygen atoms in total. The number of hydrogen-bond acceptors (Lipinski definition) is 6. The number of aromatic nitrogens is 5. The molecular formula is C19H16N6O2. The minimum atomic E-state index is -0.279. The van der Waals surface area contributed by atoms with Gasteiger partial charge < -0.3 is 14.6 Å². The Bertz CT molecular complexity index is 1080. The number of imidazole rings is 1. The Morgan fingerprint density at radius 3 is 2.81 bits per heavy atom. The van der Waals surface area contributed by atoms with Gasteiger partial charge in [0.15, 0.2) is 5.65 Å². The average molecular weight is 360 g/mol. The molecule has 0 spiro atoms. The molecule has 0 bridgehead atoms. The van der Waals surface area contributed by atoms with Crippen molar-refractivity contribution in [2.45, 2.75) is 6.54 Å². The second kappa shape index (κ2) is 7.20. The minimum absolute atomic E-state index is 0.279. The number of carbonyl (C=O) groups excluding carboxylic acids is 1. The second-order valence-corrected chi connectivity index (χ2v) is 5.84. The molecule has 0 aromatic carbocycles. The van der Waals surface area contributed by atoms with Gasteiger partial charge in [-0.1, -0.05) is 6.07 Å². The summed E-state index contributed by atoms with van der Waals surface area (Å²) in [6.45, 7) is 0.612. The Hall–Kier alpha value is -3.81. The lowest BCUT2D eigenvalue weighted by atomic mass is 10.2. The van der Waals surface area contributed by atoms with Crippen LogP contribution in [0.3, 0.4) is 0 Å². The minimum Gasteiger partial charge on any atom is -0.481 e. The van der Waals surface area contributed by atoms with Gasteiger partial charge in [0, 0.05) is 24.7 Å². The van der Waals surface area contributed by atoms with E-state index in [0.29, 0.717) is 34.8 Å². The molecule has 0 aliphatic carbocycles. The number of amides is 1. The zero-order chi connectivity index (χ0) is 18.6. The van der Waals surface area contributed by atoms with Crippen molar-refractivity contribution < 1.29 is 9.53 Å². The summed E-state index contributed by atoms with van der Waals surface area (Å²) in [5.74, 6) is 0.202. The van der Waals surface area contributed by atoms with Gasteiger partial charge in [-0.3, -0.25) is 9.78 Å². The van der Waals surface area contributed by atoms with Crippen LogP contribution in [0.5, 0.6) is 5.88 Å². The van der Waals surface area contributed by atoms with E-state index in [9.17, 15) is 4.79 Å². The van der Waals surface area contributed by atoms with Gasteiger partial charge in [-0.05, 0) is 23.8 Å². The molecule has 4 aromatic heterocycles. The highest BCUT2D eigenvalue weighted by molar-refractivity contribution is 6.05. The molecule has 1 N–H and O–H groups in total. The van der Waals surface area contributed by atoms with Gasteiger partial charge in [-0.2, -0.15) is 0 Å². The Balaban J connectivity index is 1.53. The molecule has 0 aliphatic heterocycles. The topological polar surface area (TPSA) is 94.8 Å². The molecule has 4 heterocycles. The van der Waals surface area contributed by atoms with Crippen LogP contribution >= 0.6 is 0 Å². The highest BCUT2D eigenvalue weighted by Crippen LogP contribution is 2.16. The van der Waals surface area contributed by atoms with Crippen LogP contribution in [0.15, 0.2) is 61.4 Å². The smallest absolute Gasteiger partial charge is 0.257 e. The lowest BCUT2D eigenvalue weighted by Crippen LogP contribution is -2.12. The number of ether oxygens (including phenoxy) is 1. The fraction of sp³-hybridized carbons (Fsp3) is 0.105. The van der Waals surface area contributed by atoms with E-state index in [1.807, 2.05) is 16.7 Å². The molecule has 0 unspecified atom stereocenters. The average Bonchev–Trinajstić information content (AvgIpc) is 3.11. The number of fused-ring (bicyclic) bond motifs is 1. The summed E-state index contributed by atoms with van der Waals surface area (Å²) in [4.78, 5) is 29.4. The molecule has 0 saturated heterocycles. The van der Waals surface area contributed by atoms with Crippen LogP contribution in [0.1, 0.15) is 15.9 Å². The Morgan fingerprint density at radius 2 is 2.07 bits per heavy atom. The van der Waals surface area contributed by atoms with Gasteiger partial charge >= 0.3 is 0 Å². The van der Waals surface area contributed by atoms with Gasteiger partial charge in [0.2, 0.25) is 5.88 Å². The van der Waals surface area contributed by atoms with Crippen molar-refractivity contribution in [2.24, 2.45) is 0 Å². The van der Waals surface area contributed by atoms with Crippen LogP contribution in [0.4, 0.5) is 5.69 Å². The molecule has 0 radical (unpaired) electrons. The molecule has 134 valence electrons. The summed E-state index contributed by atoms with van der Waals surface area (Å²) in [6, 6.07) is 8.99. The van der Waals surface area contributed by atoms with E-state index < -0.39 is 0 Å². The van der Waals surface area contributed by atoms with Crippen LogP contribution in [-0.2, 0) is 6.54 Å². The van der Waals surface area contributed by atoms with Gasteiger partial charge in [0.25, 0.3) is 5.91 Å². The van der Waals surface area contributed by atoms with Crippen molar-refractivity contribution in [2.75, 3.05) is 12.4 Å². The monoisotopic (exact) mass is 360 g/mol. The number of pyridine rings is 3. The first-order valence-electron chi connectivity index (χ1n) is 8.24. The quantitative estimate of drug-likeness (QED) is 0.588. The molecule has 0 saturated carbocycles. The SMILES string of the molecule is COc1ccc(NC(=O)c2cnc3c(c2)ncn3Cc2cccnc2)cn1. The predicted molar refractivity (Wildman–Crippen MR) is 99.6 cm³/mol. The number of nitrogens with one attached hydrogen (secondary N) is 1. The third-order valence-electron chi connectivity index (χ3n) is 4.00. The van der Waals surface area contributed by atoms with Crippen molar-refractivity contribution in [3.8, 4) is 5.88 Å². The summed E-state index contributed by atoms with van der Waals surface area (Å²) in [5, 5.41) is 2.78. The fourth-order valence-corrected chi connectivity index (χ4v) is 2.66. The fourth-order valence-electron chi connectivity index (χ4n) is 2.66. The zero-order valence-corrected chi connectivity index (χ0v) is 14.5. The molecule has 4 rings (SSSR count). The summed E-state index contributed by atoms with van der Waals surface area (Å²) in [7, 11) is 1.54. The molecular weight excluding hydrogens is 344 g/mol.